The number of ether oxygens (including phenoxy) is 1. The number of hydrogen-bond acceptors (Lipinski definition) is 4. The van der Waals surface area contributed by atoms with Gasteiger partial charge in [-0.2, -0.15) is 13.2 Å². The van der Waals surface area contributed by atoms with E-state index in [4.69, 9.17) is 4.74 Å². The summed E-state index contributed by atoms with van der Waals surface area (Å²) < 4.78 is 42.3. The first-order valence-corrected chi connectivity index (χ1v) is 7.44. The minimum atomic E-state index is -4.46. The van der Waals surface area contributed by atoms with Gasteiger partial charge in [-0.3, -0.25) is 4.79 Å². The minimum Gasteiger partial charge on any atom is -0.462 e. The van der Waals surface area contributed by atoms with Gasteiger partial charge in [-0.15, -0.1) is 11.3 Å². The van der Waals surface area contributed by atoms with Crippen LogP contribution < -0.4 is 5.32 Å². The lowest BCUT2D eigenvalue weighted by Crippen LogP contribution is -2.14. The van der Waals surface area contributed by atoms with Gasteiger partial charge < -0.3 is 10.1 Å². The van der Waals surface area contributed by atoms with E-state index < -0.39 is 23.6 Å². The Bertz CT molecular complexity index is 708. The number of alkyl halides is 3. The molecule has 4 nitrogen and oxygen atoms in total. The maximum Gasteiger partial charge on any atom is 0.416 e. The lowest BCUT2D eigenvalue weighted by atomic mass is 10.1. The Morgan fingerprint density at radius 1 is 1.17 bits per heavy atom. The van der Waals surface area contributed by atoms with E-state index >= 15 is 0 Å². The lowest BCUT2D eigenvalue weighted by Gasteiger charge is -2.08. The number of rotatable bonds is 4. The molecular formula is C15H12F3NO3S. The van der Waals surface area contributed by atoms with E-state index in [1.54, 1.807) is 12.3 Å². The Hall–Kier alpha value is -2.35. The molecule has 0 aliphatic carbocycles. The van der Waals surface area contributed by atoms with Gasteiger partial charge in [0.2, 0.25) is 0 Å². The molecule has 2 aromatic rings. The average Bonchev–Trinajstić information content (AvgIpc) is 2.95. The second kappa shape index (κ2) is 6.82. The molecule has 1 aromatic carbocycles. The van der Waals surface area contributed by atoms with Gasteiger partial charge >= 0.3 is 12.1 Å². The van der Waals surface area contributed by atoms with Crippen LogP contribution in [0.1, 0.15) is 33.2 Å². The van der Waals surface area contributed by atoms with Crippen molar-refractivity contribution in [1.29, 1.82) is 0 Å². The summed E-state index contributed by atoms with van der Waals surface area (Å²) in [5.41, 5.74) is -0.573. The molecule has 0 bridgehead atoms. The van der Waals surface area contributed by atoms with Crippen molar-refractivity contribution in [2.24, 2.45) is 0 Å². The van der Waals surface area contributed by atoms with Crippen LogP contribution in [0, 0.1) is 0 Å². The van der Waals surface area contributed by atoms with E-state index in [-0.39, 0.29) is 22.7 Å². The van der Waals surface area contributed by atoms with E-state index in [0.717, 1.165) is 35.6 Å². The normalized spacial score (nSPS) is 11.1. The van der Waals surface area contributed by atoms with E-state index in [9.17, 15) is 22.8 Å². The van der Waals surface area contributed by atoms with E-state index in [2.05, 4.69) is 5.32 Å². The van der Waals surface area contributed by atoms with Crippen LogP contribution in [0.5, 0.6) is 0 Å². The largest absolute Gasteiger partial charge is 0.462 e. The minimum absolute atomic E-state index is 0.0567. The lowest BCUT2D eigenvalue weighted by molar-refractivity contribution is -0.137. The highest BCUT2D eigenvalue weighted by Gasteiger charge is 2.30. The van der Waals surface area contributed by atoms with Crippen LogP contribution in [0.3, 0.4) is 0 Å². The van der Waals surface area contributed by atoms with Crippen LogP contribution in [0.15, 0.2) is 35.7 Å². The van der Waals surface area contributed by atoms with Gasteiger partial charge in [-0.25, -0.2) is 4.79 Å². The highest BCUT2D eigenvalue weighted by atomic mass is 32.1. The third-order valence-corrected chi connectivity index (χ3v) is 3.69. The monoisotopic (exact) mass is 343 g/mol. The predicted molar refractivity (Wildman–Crippen MR) is 79.7 cm³/mol. The number of halogens is 3. The molecule has 23 heavy (non-hydrogen) atoms. The van der Waals surface area contributed by atoms with Crippen LogP contribution in [0.4, 0.5) is 18.2 Å². The van der Waals surface area contributed by atoms with Gasteiger partial charge in [0.25, 0.3) is 5.91 Å². The molecule has 0 saturated heterocycles. The Labute approximate surface area is 133 Å². The number of hydrogen-bond donors (Lipinski definition) is 1. The summed E-state index contributed by atoms with van der Waals surface area (Å²) in [6.07, 6.45) is -4.46. The summed E-state index contributed by atoms with van der Waals surface area (Å²) >= 11 is 1.12. The van der Waals surface area contributed by atoms with Gasteiger partial charge in [0.15, 0.2) is 0 Å². The van der Waals surface area contributed by atoms with Crippen LogP contribution >= 0.6 is 11.3 Å². The molecule has 1 amide bonds. The average molecular weight is 343 g/mol. The standard InChI is InChI=1S/C15H12F3NO3S/c1-2-22-14(21)11-7-8-23-13(11)19-12(20)9-3-5-10(6-4-9)15(16,17)18/h3-8H,2H2,1H3,(H,19,20). The first kappa shape index (κ1) is 17.0. The van der Waals surface area contributed by atoms with E-state index in [1.807, 2.05) is 0 Å². The van der Waals surface area contributed by atoms with Gasteiger partial charge in [-0.05, 0) is 42.6 Å². The van der Waals surface area contributed by atoms with Crippen molar-refractivity contribution < 1.29 is 27.5 Å². The molecule has 1 aromatic heterocycles. The zero-order valence-corrected chi connectivity index (χ0v) is 12.8. The summed E-state index contributed by atoms with van der Waals surface area (Å²) in [5.74, 6) is -1.18. The zero-order valence-electron chi connectivity index (χ0n) is 11.9. The van der Waals surface area contributed by atoms with Crippen molar-refractivity contribution in [2.75, 3.05) is 11.9 Å². The smallest absolute Gasteiger partial charge is 0.416 e. The third-order valence-electron chi connectivity index (χ3n) is 2.86. The maximum absolute atomic E-state index is 12.5. The first-order valence-electron chi connectivity index (χ1n) is 6.56. The molecule has 0 spiro atoms. The molecule has 0 unspecified atom stereocenters. The van der Waals surface area contributed by atoms with Crippen molar-refractivity contribution in [2.45, 2.75) is 13.1 Å². The summed E-state index contributed by atoms with van der Waals surface area (Å²) in [7, 11) is 0. The molecule has 0 aliphatic rings. The predicted octanol–water partition coefficient (Wildman–Crippen LogP) is 4.20. The fourth-order valence-corrected chi connectivity index (χ4v) is 2.53. The molecule has 2 rings (SSSR count). The zero-order chi connectivity index (χ0) is 17.0. The second-order valence-electron chi connectivity index (χ2n) is 4.41. The molecule has 0 fully saturated rings. The summed E-state index contributed by atoms with van der Waals surface area (Å²) in [5, 5.41) is 4.39. The topological polar surface area (TPSA) is 55.4 Å². The van der Waals surface area contributed by atoms with Crippen molar-refractivity contribution in [1.82, 2.24) is 0 Å². The fraction of sp³-hybridized carbons (Fsp3) is 0.200. The van der Waals surface area contributed by atoms with Crippen molar-refractivity contribution in [3.05, 3.63) is 52.4 Å². The number of anilines is 1. The number of esters is 1. The number of thiophene rings is 1. The molecule has 122 valence electrons. The number of carbonyl (C=O) groups excluding carboxylic acids is 2. The maximum atomic E-state index is 12.5. The van der Waals surface area contributed by atoms with E-state index in [1.165, 1.54) is 6.07 Å². The number of benzene rings is 1. The summed E-state index contributed by atoms with van der Waals surface area (Å²) in [6.45, 7) is 1.85. The quantitative estimate of drug-likeness (QED) is 0.847. The molecule has 0 aliphatic heterocycles. The first-order chi connectivity index (χ1) is 10.8. The summed E-state index contributed by atoms with van der Waals surface area (Å²) in [4.78, 5) is 23.8. The SMILES string of the molecule is CCOC(=O)c1ccsc1NC(=O)c1ccc(C(F)(F)F)cc1. The van der Waals surface area contributed by atoms with E-state index in [0.29, 0.717) is 0 Å². The van der Waals surface area contributed by atoms with Gasteiger partial charge in [0.1, 0.15) is 5.00 Å². The van der Waals surface area contributed by atoms with Crippen LogP contribution in [-0.4, -0.2) is 18.5 Å². The Balaban J connectivity index is 2.14. The molecule has 0 atom stereocenters. The van der Waals surface area contributed by atoms with Gasteiger partial charge in [0.05, 0.1) is 17.7 Å². The van der Waals surface area contributed by atoms with Crippen LogP contribution in [-0.2, 0) is 10.9 Å². The molecule has 0 saturated carbocycles. The fourth-order valence-electron chi connectivity index (χ4n) is 1.76. The van der Waals surface area contributed by atoms with Crippen LogP contribution in [0.25, 0.3) is 0 Å². The molecule has 8 heteroatoms. The van der Waals surface area contributed by atoms with Crippen molar-refractivity contribution >= 4 is 28.2 Å². The highest BCUT2D eigenvalue weighted by Crippen LogP contribution is 2.29. The molecule has 1 heterocycles. The number of carbonyl (C=O) groups is 2. The molecule has 0 radical (unpaired) electrons. The Morgan fingerprint density at radius 3 is 2.39 bits per heavy atom. The Morgan fingerprint density at radius 2 is 1.83 bits per heavy atom. The number of amides is 1. The second-order valence-corrected chi connectivity index (χ2v) is 5.33. The molecule has 1 N–H and O–H groups in total. The van der Waals surface area contributed by atoms with Gasteiger partial charge in [0, 0.05) is 5.56 Å². The molecular weight excluding hydrogens is 331 g/mol. The van der Waals surface area contributed by atoms with Crippen molar-refractivity contribution in [3.8, 4) is 0 Å². The highest BCUT2D eigenvalue weighted by molar-refractivity contribution is 7.14. The van der Waals surface area contributed by atoms with Crippen LogP contribution in [0.2, 0.25) is 0 Å². The Kier molecular flexibility index (Phi) is 5.05. The number of nitrogens with one attached hydrogen (secondary N) is 1. The van der Waals surface area contributed by atoms with Crippen molar-refractivity contribution in [3.63, 3.8) is 0 Å². The third kappa shape index (κ3) is 4.10. The summed E-state index contributed by atoms with van der Waals surface area (Å²) in [6, 6.07) is 5.32. The van der Waals surface area contributed by atoms with Gasteiger partial charge in [-0.1, -0.05) is 0 Å².